The number of carbonyl (C=O) groups is 1. The van der Waals surface area contributed by atoms with E-state index in [-0.39, 0.29) is 5.91 Å². The molecule has 0 bridgehead atoms. The highest BCUT2D eigenvalue weighted by Gasteiger charge is 2.43. The third-order valence-corrected chi connectivity index (χ3v) is 5.20. The molecule has 0 saturated heterocycles. The normalized spacial score (nSPS) is 11.4. The SMILES string of the molecule is CCCCOCCCN(CC)C(=O)C(NCC)(c1ccccc1)c1ccccc1. The lowest BCUT2D eigenvalue weighted by molar-refractivity contribution is -0.137. The Morgan fingerprint density at radius 1 is 0.897 bits per heavy atom. The summed E-state index contributed by atoms with van der Waals surface area (Å²) in [6.45, 7) is 9.78. The summed E-state index contributed by atoms with van der Waals surface area (Å²) >= 11 is 0. The van der Waals surface area contributed by atoms with Crippen LogP contribution in [-0.2, 0) is 15.1 Å². The standard InChI is InChI=1S/C25H36N2O2/c1-4-7-20-29-21-14-19-27(6-3)24(28)25(26-5-2,22-15-10-8-11-16-22)23-17-12-9-13-18-23/h8-13,15-18,26H,4-7,14,19-21H2,1-3H3. The van der Waals surface area contributed by atoms with Crippen LogP contribution in [0, 0.1) is 0 Å². The van der Waals surface area contributed by atoms with Gasteiger partial charge in [-0.3, -0.25) is 10.1 Å². The summed E-state index contributed by atoms with van der Waals surface area (Å²) in [5, 5.41) is 3.54. The fourth-order valence-corrected chi connectivity index (χ4v) is 3.68. The molecular formula is C25H36N2O2. The maximum absolute atomic E-state index is 14.0. The smallest absolute Gasteiger partial charge is 0.252 e. The molecule has 0 aromatic heterocycles. The van der Waals surface area contributed by atoms with Gasteiger partial charge in [-0.1, -0.05) is 80.9 Å². The molecule has 0 aliphatic rings. The Kier molecular flexibility index (Phi) is 9.89. The number of unbranched alkanes of at least 4 members (excludes halogenated alkanes) is 1. The number of amides is 1. The molecule has 0 aliphatic heterocycles. The summed E-state index contributed by atoms with van der Waals surface area (Å²) in [6, 6.07) is 20.1. The van der Waals surface area contributed by atoms with Crippen molar-refractivity contribution in [3.63, 3.8) is 0 Å². The molecule has 29 heavy (non-hydrogen) atoms. The van der Waals surface area contributed by atoms with E-state index >= 15 is 0 Å². The van der Waals surface area contributed by atoms with Crippen molar-refractivity contribution in [2.45, 2.75) is 45.6 Å². The molecule has 1 N–H and O–H groups in total. The van der Waals surface area contributed by atoms with Crippen LogP contribution >= 0.6 is 0 Å². The minimum Gasteiger partial charge on any atom is -0.381 e. The summed E-state index contributed by atoms with van der Waals surface area (Å²) in [5.41, 5.74) is 1.04. The Balaban J connectivity index is 2.30. The van der Waals surface area contributed by atoms with Crippen molar-refractivity contribution in [2.24, 2.45) is 0 Å². The Morgan fingerprint density at radius 3 is 1.93 bits per heavy atom. The van der Waals surface area contributed by atoms with Gasteiger partial charge in [-0.2, -0.15) is 0 Å². The number of ether oxygens (including phenoxy) is 1. The van der Waals surface area contributed by atoms with E-state index in [2.05, 4.69) is 12.2 Å². The first-order valence-corrected chi connectivity index (χ1v) is 10.9. The van der Waals surface area contributed by atoms with Gasteiger partial charge in [0.25, 0.3) is 5.91 Å². The van der Waals surface area contributed by atoms with Crippen LogP contribution in [0.3, 0.4) is 0 Å². The number of carbonyl (C=O) groups excluding carboxylic acids is 1. The van der Waals surface area contributed by atoms with E-state index in [1.165, 1.54) is 0 Å². The van der Waals surface area contributed by atoms with Gasteiger partial charge < -0.3 is 9.64 Å². The second kappa shape index (κ2) is 12.4. The van der Waals surface area contributed by atoms with Gasteiger partial charge in [0.15, 0.2) is 0 Å². The monoisotopic (exact) mass is 396 g/mol. The van der Waals surface area contributed by atoms with Crippen molar-refractivity contribution in [1.82, 2.24) is 10.2 Å². The molecular weight excluding hydrogens is 360 g/mol. The molecule has 0 fully saturated rings. The molecule has 1 amide bonds. The number of benzene rings is 2. The van der Waals surface area contributed by atoms with Crippen LogP contribution in [0.15, 0.2) is 60.7 Å². The zero-order chi connectivity index (χ0) is 21.0. The van der Waals surface area contributed by atoms with Crippen molar-refractivity contribution < 1.29 is 9.53 Å². The topological polar surface area (TPSA) is 41.6 Å². The van der Waals surface area contributed by atoms with E-state index in [1.807, 2.05) is 79.4 Å². The average molecular weight is 397 g/mol. The van der Waals surface area contributed by atoms with Crippen molar-refractivity contribution in [3.8, 4) is 0 Å². The Morgan fingerprint density at radius 2 is 1.45 bits per heavy atom. The lowest BCUT2D eigenvalue weighted by Gasteiger charge is -2.38. The number of rotatable bonds is 13. The molecule has 2 rings (SSSR count). The van der Waals surface area contributed by atoms with Crippen LogP contribution in [0.5, 0.6) is 0 Å². The Labute approximate surface area is 176 Å². The van der Waals surface area contributed by atoms with Crippen LogP contribution in [0.25, 0.3) is 0 Å². The van der Waals surface area contributed by atoms with Gasteiger partial charge >= 0.3 is 0 Å². The van der Waals surface area contributed by atoms with Crippen LogP contribution < -0.4 is 5.32 Å². The van der Waals surface area contributed by atoms with Gasteiger partial charge in [-0.05, 0) is 37.4 Å². The van der Waals surface area contributed by atoms with E-state index in [4.69, 9.17) is 4.74 Å². The van der Waals surface area contributed by atoms with Gasteiger partial charge in [0.05, 0.1) is 0 Å². The largest absolute Gasteiger partial charge is 0.381 e. The van der Waals surface area contributed by atoms with Crippen molar-refractivity contribution in [3.05, 3.63) is 71.8 Å². The van der Waals surface area contributed by atoms with Crippen LogP contribution in [0.1, 0.15) is 51.2 Å². The fourth-order valence-electron chi connectivity index (χ4n) is 3.68. The summed E-state index contributed by atoms with van der Waals surface area (Å²) in [6.07, 6.45) is 3.07. The zero-order valence-electron chi connectivity index (χ0n) is 18.2. The van der Waals surface area contributed by atoms with Crippen molar-refractivity contribution in [1.29, 1.82) is 0 Å². The Hall–Kier alpha value is -2.17. The minimum absolute atomic E-state index is 0.0906. The summed E-state index contributed by atoms with van der Waals surface area (Å²) < 4.78 is 5.70. The molecule has 0 spiro atoms. The van der Waals surface area contributed by atoms with E-state index in [1.54, 1.807) is 0 Å². The van der Waals surface area contributed by atoms with Gasteiger partial charge in [0.2, 0.25) is 0 Å². The molecule has 0 unspecified atom stereocenters. The molecule has 4 heteroatoms. The average Bonchev–Trinajstić information content (AvgIpc) is 2.78. The highest BCUT2D eigenvalue weighted by atomic mass is 16.5. The lowest BCUT2D eigenvalue weighted by Crippen LogP contribution is -2.56. The highest BCUT2D eigenvalue weighted by molar-refractivity contribution is 5.91. The third-order valence-electron chi connectivity index (χ3n) is 5.20. The minimum atomic E-state index is -0.893. The molecule has 0 radical (unpaired) electrons. The number of likely N-dealkylation sites (N-methyl/N-ethyl adjacent to an activating group) is 2. The van der Waals surface area contributed by atoms with Gasteiger partial charge in [-0.25, -0.2) is 0 Å². The van der Waals surface area contributed by atoms with E-state index < -0.39 is 5.54 Å². The molecule has 2 aromatic carbocycles. The van der Waals surface area contributed by atoms with E-state index in [0.717, 1.165) is 37.0 Å². The van der Waals surface area contributed by atoms with E-state index in [0.29, 0.717) is 26.2 Å². The molecule has 0 heterocycles. The predicted octanol–water partition coefficient (Wildman–Crippen LogP) is 4.60. The molecule has 4 nitrogen and oxygen atoms in total. The molecule has 158 valence electrons. The zero-order valence-corrected chi connectivity index (χ0v) is 18.2. The summed E-state index contributed by atoms with van der Waals surface area (Å²) in [5.74, 6) is 0.0906. The number of nitrogens with zero attached hydrogens (tertiary/aromatic N) is 1. The van der Waals surface area contributed by atoms with Crippen molar-refractivity contribution >= 4 is 5.91 Å². The van der Waals surface area contributed by atoms with E-state index in [9.17, 15) is 4.79 Å². The van der Waals surface area contributed by atoms with Crippen molar-refractivity contribution in [2.75, 3.05) is 32.8 Å². The van der Waals surface area contributed by atoms with Crippen LogP contribution in [-0.4, -0.2) is 43.7 Å². The van der Waals surface area contributed by atoms with Gasteiger partial charge in [0.1, 0.15) is 5.54 Å². The number of hydrogen-bond acceptors (Lipinski definition) is 3. The maximum atomic E-state index is 14.0. The molecule has 0 saturated carbocycles. The quantitative estimate of drug-likeness (QED) is 0.503. The lowest BCUT2D eigenvalue weighted by atomic mass is 9.81. The first kappa shape index (κ1) is 23.1. The van der Waals surface area contributed by atoms with Crippen LogP contribution in [0.4, 0.5) is 0 Å². The predicted molar refractivity (Wildman–Crippen MR) is 120 cm³/mol. The van der Waals surface area contributed by atoms with Gasteiger partial charge in [-0.15, -0.1) is 0 Å². The van der Waals surface area contributed by atoms with Crippen LogP contribution in [0.2, 0.25) is 0 Å². The molecule has 0 aliphatic carbocycles. The first-order chi connectivity index (χ1) is 14.2. The molecule has 0 atom stereocenters. The molecule has 2 aromatic rings. The number of hydrogen-bond donors (Lipinski definition) is 1. The third kappa shape index (κ3) is 5.91. The number of nitrogens with one attached hydrogen (secondary N) is 1. The first-order valence-electron chi connectivity index (χ1n) is 10.9. The van der Waals surface area contributed by atoms with Gasteiger partial charge in [0, 0.05) is 26.3 Å². The summed E-state index contributed by atoms with van der Waals surface area (Å²) in [4.78, 5) is 15.9. The second-order valence-corrected chi connectivity index (χ2v) is 7.22. The Bertz CT molecular complexity index is 664. The maximum Gasteiger partial charge on any atom is 0.252 e. The highest BCUT2D eigenvalue weighted by Crippen LogP contribution is 2.32. The summed E-state index contributed by atoms with van der Waals surface area (Å²) in [7, 11) is 0. The fraction of sp³-hybridized carbons (Fsp3) is 0.480. The second-order valence-electron chi connectivity index (χ2n) is 7.22.